The van der Waals surface area contributed by atoms with Crippen LogP contribution in [0.2, 0.25) is 0 Å². The van der Waals surface area contributed by atoms with Crippen molar-refractivity contribution in [2.75, 3.05) is 5.32 Å². The van der Waals surface area contributed by atoms with Crippen LogP contribution in [0.5, 0.6) is 0 Å². The average Bonchev–Trinajstić information content (AvgIpc) is 3.46. The van der Waals surface area contributed by atoms with E-state index >= 15 is 0 Å². The van der Waals surface area contributed by atoms with Gasteiger partial charge in [-0.15, -0.1) is 0 Å². The summed E-state index contributed by atoms with van der Waals surface area (Å²) in [6, 6.07) is 11.2. The van der Waals surface area contributed by atoms with E-state index in [4.69, 9.17) is 0 Å². The third-order valence-electron chi connectivity index (χ3n) is 4.61. The maximum absolute atomic E-state index is 13.1. The SMILES string of the molecule is Cc1nc2ccc(NC(=O)C3CC3)cc2c(=O)n1Cc1ccc(F)cc1. The summed E-state index contributed by atoms with van der Waals surface area (Å²) in [5.74, 6) is 0.361. The fourth-order valence-electron chi connectivity index (χ4n) is 2.96. The zero-order valence-electron chi connectivity index (χ0n) is 14.3. The van der Waals surface area contributed by atoms with E-state index in [9.17, 15) is 14.0 Å². The topological polar surface area (TPSA) is 64.0 Å². The Hall–Kier alpha value is -3.02. The first-order valence-corrected chi connectivity index (χ1v) is 8.58. The molecule has 3 aromatic rings. The molecule has 2 aromatic carbocycles. The van der Waals surface area contributed by atoms with Crippen LogP contribution in [0.25, 0.3) is 10.9 Å². The molecule has 0 bridgehead atoms. The van der Waals surface area contributed by atoms with Gasteiger partial charge in [0.25, 0.3) is 5.56 Å². The van der Waals surface area contributed by atoms with Gasteiger partial charge in [-0.05, 0) is 55.7 Å². The lowest BCUT2D eigenvalue weighted by Crippen LogP contribution is -2.24. The molecule has 0 spiro atoms. The molecule has 0 atom stereocenters. The molecule has 1 fully saturated rings. The van der Waals surface area contributed by atoms with Gasteiger partial charge < -0.3 is 5.32 Å². The van der Waals surface area contributed by atoms with E-state index in [0.29, 0.717) is 29.0 Å². The number of aryl methyl sites for hydroxylation is 1. The van der Waals surface area contributed by atoms with E-state index in [2.05, 4.69) is 10.3 Å². The number of anilines is 1. The summed E-state index contributed by atoms with van der Waals surface area (Å²) >= 11 is 0. The highest BCUT2D eigenvalue weighted by atomic mass is 19.1. The molecule has 1 aromatic heterocycles. The molecule has 0 saturated heterocycles. The van der Waals surface area contributed by atoms with Gasteiger partial charge in [0.15, 0.2) is 0 Å². The summed E-state index contributed by atoms with van der Waals surface area (Å²) in [4.78, 5) is 29.4. The molecule has 1 N–H and O–H groups in total. The van der Waals surface area contributed by atoms with Gasteiger partial charge in [0.05, 0.1) is 17.4 Å². The number of hydrogen-bond acceptors (Lipinski definition) is 3. The summed E-state index contributed by atoms with van der Waals surface area (Å²) in [7, 11) is 0. The second-order valence-electron chi connectivity index (χ2n) is 6.67. The van der Waals surface area contributed by atoms with Crippen LogP contribution in [-0.4, -0.2) is 15.5 Å². The molecule has 1 aliphatic carbocycles. The van der Waals surface area contributed by atoms with Crippen LogP contribution in [0, 0.1) is 18.7 Å². The number of nitrogens with one attached hydrogen (secondary N) is 1. The molecule has 1 heterocycles. The molecule has 0 unspecified atom stereocenters. The van der Waals surface area contributed by atoms with Gasteiger partial charge >= 0.3 is 0 Å². The number of nitrogens with zero attached hydrogens (tertiary/aromatic N) is 2. The van der Waals surface area contributed by atoms with E-state index in [1.54, 1.807) is 41.8 Å². The number of rotatable bonds is 4. The highest BCUT2D eigenvalue weighted by Crippen LogP contribution is 2.30. The Bertz CT molecular complexity index is 1050. The minimum Gasteiger partial charge on any atom is -0.326 e. The lowest BCUT2D eigenvalue weighted by atomic mass is 10.2. The molecule has 0 aliphatic heterocycles. The molecular formula is C20H18FN3O2. The molecule has 4 rings (SSSR count). The van der Waals surface area contributed by atoms with Gasteiger partial charge in [0.2, 0.25) is 5.91 Å². The van der Waals surface area contributed by atoms with E-state index in [-0.39, 0.29) is 23.2 Å². The second kappa shape index (κ2) is 6.37. The van der Waals surface area contributed by atoms with Gasteiger partial charge in [-0.1, -0.05) is 12.1 Å². The first-order chi connectivity index (χ1) is 12.5. The fourth-order valence-corrected chi connectivity index (χ4v) is 2.96. The zero-order valence-corrected chi connectivity index (χ0v) is 14.3. The zero-order chi connectivity index (χ0) is 18.3. The van der Waals surface area contributed by atoms with Crippen molar-refractivity contribution in [2.45, 2.75) is 26.3 Å². The lowest BCUT2D eigenvalue weighted by molar-refractivity contribution is -0.117. The fraction of sp³-hybridized carbons (Fsp3) is 0.250. The smallest absolute Gasteiger partial charge is 0.261 e. The van der Waals surface area contributed by atoms with Crippen molar-refractivity contribution in [3.05, 3.63) is 70.0 Å². The van der Waals surface area contributed by atoms with Crippen molar-refractivity contribution in [1.29, 1.82) is 0 Å². The predicted octanol–water partition coefficient (Wildman–Crippen LogP) is 3.24. The molecule has 6 heteroatoms. The van der Waals surface area contributed by atoms with Crippen LogP contribution >= 0.6 is 0 Å². The van der Waals surface area contributed by atoms with E-state index < -0.39 is 0 Å². The van der Waals surface area contributed by atoms with Crippen molar-refractivity contribution < 1.29 is 9.18 Å². The van der Waals surface area contributed by atoms with Crippen LogP contribution in [0.15, 0.2) is 47.3 Å². The maximum Gasteiger partial charge on any atom is 0.261 e. The van der Waals surface area contributed by atoms with Crippen molar-refractivity contribution >= 4 is 22.5 Å². The largest absolute Gasteiger partial charge is 0.326 e. The number of amides is 1. The molecule has 132 valence electrons. The molecular weight excluding hydrogens is 333 g/mol. The van der Waals surface area contributed by atoms with E-state index in [1.807, 2.05) is 0 Å². The number of halogens is 1. The number of aromatic nitrogens is 2. The number of carbonyl (C=O) groups is 1. The summed E-state index contributed by atoms with van der Waals surface area (Å²) in [5.41, 5.74) is 1.83. The molecule has 0 radical (unpaired) electrons. The molecule has 1 aliphatic rings. The first-order valence-electron chi connectivity index (χ1n) is 8.58. The third kappa shape index (κ3) is 3.22. The minimum atomic E-state index is -0.314. The highest BCUT2D eigenvalue weighted by Gasteiger charge is 2.29. The van der Waals surface area contributed by atoms with Crippen LogP contribution < -0.4 is 10.9 Å². The molecule has 1 saturated carbocycles. The van der Waals surface area contributed by atoms with Gasteiger partial charge in [-0.3, -0.25) is 14.2 Å². The van der Waals surface area contributed by atoms with Crippen molar-refractivity contribution in [3.8, 4) is 0 Å². The lowest BCUT2D eigenvalue weighted by Gasteiger charge is -2.12. The number of hydrogen-bond donors (Lipinski definition) is 1. The van der Waals surface area contributed by atoms with Gasteiger partial charge in [-0.2, -0.15) is 0 Å². The van der Waals surface area contributed by atoms with Crippen LogP contribution in [0.4, 0.5) is 10.1 Å². The van der Waals surface area contributed by atoms with Crippen LogP contribution in [-0.2, 0) is 11.3 Å². The predicted molar refractivity (Wildman–Crippen MR) is 97.6 cm³/mol. The number of fused-ring (bicyclic) bond motifs is 1. The van der Waals surface area contributed by atoms with Crippen LogP contribution in [0.3, 0.4) is 0 Å². The Balaban J connectivity index is 1.71. The van der Waals surface area contributed by atoms with Crippen molar-refractivity contribution in [1.82, 2.24) is 9.55 Å². The van der Waals surface area contributed by atoms with Gasteiger partial charge in [-0.25, -0.2) is 9.37 Å². The molecule has 1 amide bonds. The van der Waals surface area contributed by atoms with Crippen molar-refractivity contribution in [3.63, 3.8) is 0 Å². The van der Waals surface area contributed by atoms with E-state index in [0.717, 1.165) is 18.4 Å². The number of benzene rings is 2. The minimum absolute atomic E-state index is 0.00365. The molecule has 26 heavy (non-hydrogen) atoms. The van der Waals surface area contributed by atoms with Crippen molar-refractivity contribution in [2.24, 2.45) is 5.92 Å². The maximum atomic E-state index is 13.1. The summed E-state index contributed by atoms with van der Waals surface area (Å²) < 4.78 is 14.6. The Morgan fingerprint density at radius 3 is 2.65 bits per heavy atom. The quantitative estimate of drug-likeness (QED) is 0.785. The third-order valence-corrected chi connectivity index (χ3v) is 4.61. The standard InChI is InChI=1S/C20H18FN3O2/c1-12-22-18-9-8-16(23-19(25)14-4-5-14)10-17(18)20(26)24(12)11-13-2-6-15(21)7-3-13/h2-3,6-10,14H,4-5,11H2,1H3,(H,23,25). The highest BCUT2D eigenvalue weighted by molar-refractivity contribution is 5.96. The molecule has 5 nitrogen and oxygen atoms in total. The Kier molecular flexibility index (Phi) is 4.03. The van der Waals surface area contributed by atoms with E-state index in [1.165, 1.54) is 12.1 Å². The summed E-state index contributed by atoms with van der Waals surface area (Å²) in [5, 5.41) is 3.31. The Morgan fingerprint density at radius 2 is 1.96 bits per heavy atom. The monoisotopic (exact) mass is 351 g/mol. The van der Waals surface area contributed by atoms with Gasteiger partial charge in [0.1, 0.15) is 11.6 Å². The summed E-state index contributed by atoms with van der Waals surface area (Å²) in [6.07, 6.45) is 1.84. The summed E-state index contributed by atoms with van der Waals surface area (Å²) in [6.45, 7) is 2.08. The van der Waals surface area contributed by atoms with Gasteiger partial charge in [0, 0.05) is 11.6 Å². The first kappa shape index (κ1) is 16.4. The second-order valence-corrected chi connectivity index (χ2v) is 6.67. The Labute approximate surface area is 149 Å². The van der Waals surface area contributed by atoms with Crippen LogP contribution in [0.1, 0.15) is 24.2 Å². The number of carbonyl (C=O) groups excluding carboxylic acids is 1. The average molecular weight is 351 g/mol. The normalized spacial score (nSPS) is 13.8. The Morgan fingerprint density at radius 1 is 1.23 bits per heavy atom.